The molecule has 0 fully saturated rings. The Balaban J connectivity index is 2.19. The molecule has 19 heavy (non-hydrogen) atoms. The van der Waals surface area contributed by atoms with Crippen LogP contribution in [-0.2, 0) is 11.4 Å². The first-order chi connectivity index (χ1) is 8.60. The first kappa shape index (κ1) is 14.9. The van der Waals surface area contributed by atoms with Gasteiger partial charge in [0, 0.05) is 17.6 Å². The molecule has 4 nitrogen and oxygen atoms in total. The summed E-state index contributed by atoms with van der Waals surface area (Å²) in [6.45, 7) is 12.7. The average molecular weight is 283 g/mol. The highest BCUT2D eigenvalue weighted by atomic mass is 32.2. The molecule has 0 aromatic carbocycles. The lowest BCUT2D eigenvalue weighted by Gasteiger charge is -2.28. The zero-order chi connectivity index (χ0) is 14.4. The maximum Gasteiger partial charge on any atom is 0.136 e. The van der Waals surface area contributed by atoms with Crippen molar-refractivity contribution in [3.63, 3.8) is 0 Å². The SMILES string of the molecule is CC(C)(C)[C@H]1C[C@H](N[S@+]([O-])C(C)(C)C)c2ccnn21. The van der Waals surface area contributed by atoms with Crippen LogP contribution in [0.25, 0.3) is 0 Å². The van der Waals surface area contributed by atoms with E-state index >= 15 is 0 Å². The summed E-state index contributed by atoms with van der Waals surface area (Å²) in [4.78, 5) is 0. The van der Waals surface area contributed by atoms with Crippen molar-refractivity contribution in [1.29, 1.82) is 0 Å². The van der Waals surface area contributed by atoms with E-state index in [0.717, 1.165) is 12.1 Å². The third-order valence-electron chi connectivity index (χ3n) is 3.62. The van der Waals surface area contributed by atoms with Gasteiger partial charge in [-0.3, -0.25) is 4.68 Å². The zero-order valence-corrected chi connectivity index (χ0v) is 13.5. The molecule has 0 spiro atoms. The van der Waals surface area contributed by atoms with Crippen LogP contribution in [0.15, 0.2) is 12.3 Å². The maximum absolute atomic E-state index is 12.3. The molecule has 1 N–H and O–H groups in total. The number of hydrogen-bond donors (Lipinski definition) is 1. The van der Waals surface area contributed by atoms with Gasteiger partial charge >= 0.3 is 0 Å². The molecule has 1 aromatic heterocycles. The molecule has 0 unspecified atom stereocenters. The fourth-order valence-corrected chi connectivity index (χ4v) is 3.27. The Bertz CT molecular complexity index is 444. The first-order valence-electron chi connectivity index (χ1n) is 6.82. The summed E-state index contributed by atoms with van der Waals surface area (Å²) in [6, 6.07) is 2.52. The van der Waals surface area contributed by atoms with Crippen molar-refractivity contribution < 1.29 is 4.55 Å². The van der Waals surface area contributed by atoms with Crippen LogP contribution in [0, 0.1) is 5.41 Å². The highest BCUT2D eigenvalue weighted by Crippen LogP contribution is 2.44. The van der Waals surface area contributed by atoms with E-state index in [0.29, 0.717) is 6.04 Å². The van der Waals surface area contributed by atoms with Crippen molar-refractivity contribution in [2.45, 2.75) is 64.8 Å². The smallest absolute Gasteiger partial charge is 0.136 e. The molecule has 0 radical (unpaired) electrons. The van der Waals surface area contributed by atoms with Crippen molar-refractivity contribution in [2.75, 3.05) is 0 Å². The fourth-order valence-electron chi connectivity index (χ4n) is 2.44. The van der Waals surface area contributed by atoms with Crippen molar-refractivity contribution >= 4 is 11.4 Å². The van der Waals surface area contributed by atoms with Crippen molar-refractivity contribution in [3.8, 4) is 0 Å². The molecule has 3 atom stereocenters. The normalized spacial score (nSPS) is 25.4. The highest BCUT2D eigenvalue weighted by molar-refractivity contribution is 7.90. The second-order valence-corrected chi connectivity index (χ2v) is 9.37. The second kappa shape index (κ2) is 4.79. The first-order valence-corrected chi connectivity index (χ1v) is 7.97. The Morgan fingerprint density at radius 2 is 1.95 bits per heavy atom. The number of fused-ring (bicyclic) bond motifs is 1. The van der Waals surface area contributed by atoms with Crippen LogP contribution >= 0.6 is 0 Å². The Morgan fingerprint density at radius 1 is 1.32 bits per heavy atom. The molecule has 1 aliphatic heterocycles. The van der Waals surface area contributed by atoms with Crippen LogP contribution in [0.2, 0.25) is 0 Å². The molecule has 5 heteroatoms. The second-order valence-electron chi connectivity index (χ2n) is 7.37. The summed E-state index contributed by atoms with van der Waals surface area (Å²) < 4.78 is 17.4. The summed E-state index contributed by atoms with van der Waals surface area (Å²) in [5, 5.41) is 4.44. The van der Waals surface area contributed by atoms with Gasteiger partial charge < -0.3 is 4.55 Å². The van der Waals surface area contributed by atoms with Gasteiger partial charge in [-0.1, -0.05) is 20.8 Å². The summed E-state index contributed by atoms with van der Waals surface area (Å²) in [6.07, 6.45) is 2.79. The predicted octanol–water partition coefficient (Wildman–Crippen LogP) is 2.97. The molecule has 0 saturated heterocycles. The fraction of sp³-hybridized carbons (Fsp3) is 0.786. The van der Waals surface area contributed by atoms with Crippen molar-refractivity contribution in [2.24, 2.45) is 5.41 Å². The number of hydrogen-bond acceptors (Lipinski definition) is 3. The van der Waals surface area contributed by atoms with Gasteiger partial charge in [0.2, 0.25) is 0 Å². The Labute approximate surface area is 119 Å². The average Bonchev–Trinajstić information content (AvgIpc) is 2.77. The van der Waals surface area contributed by atoms with E-state index in [1.807, 2.05) is 33.0 Å². The van der Waals surface area contributed by atoms with E-state index in [1.165, 1.54) is 0 Å². The Morgan fingerprint density at radius 3 is 2.47 bits per heavy atom. The van der Waals surface area contributed by atoms with E-state index in [-0.39, 0.29) is 16.2 Å². The van der Waals surface area contributed by atoms with Crippen molar-refractivity contribution in [3.05, 3.63) is 18.0 Å². The highest BCUT2D eigenvalue weighted by Gasteiger charge is 2.41. The van der Waals surface area contributed by atoms with E-state index in [1.54, 1.807) is 0 Å². The van der Waals surface area contributed by atoms with Crippen LogP contribution in [0.3, 0.4) is 0 Å². The molecule has 0 saturated carbocycles. The number of nitrogens with one attached hydrogen (secondary N) is 1. The number of aromatic nitrogens is 2. The van der Waals surface area contributed by atoms with E-state index in [2.05, 4.69) is 35.3 Å². The molecule has 2 heterocycles. The Kier molecular flexibility index (Phi) is 3.75. The van der Waals surface area contributed by atoms with Gasteiger partial charge in [0.05, 0.1) is 17.8 Å². The molecular weight excluding hydrogens is 258 g/mol. The molecule has 0 bridgehead atoms. The summed E-state index contributed by atoms with van der Waals surface area (Å²) in [5.74, 6) is 0. The van der Waals surface area contributed by atoms with Gasteiger partial charge in [-0.25, -0.2) is 0 Å². The lowest BCUT2D eigenvalue weighted by Crippen LogP contribution is -2.40. The molecule has 1 aromatic rings. The Hall–Kier alpha value is -0.520. The minimum Gasteiger partial charge on any atom is -0.598 e. The monoisotopic (exact) mass is 283 g/mol. The minimum absolute atomic E-state index is 0.131. The lowest BCUT2D eigenvalue weighted by molar-refractivity contribution is 0.229. The summed E-state index contributed by atoms with van der Waals surface area (Å²) in [7, 11) is 0. The molecule has 0 amide bonds. The van der Waals surface area contributed by atoms with Gasteiger partial charge in [-0.2, -0.15) is 5.10 Å². The molecular formula is C14H25N3OS. The van der Waals surface area contributed by atoms with E-state index in [9.17, 15) is 4.55 Å². The molecule has 2 rings (SSSR count). The third-order valence-corrected chi connectivity index (χ3v) is 5.23. The molecule has 1 aliphatic rings. The van der Waals surface area contributed by atoms with Gasteiger partial charge in [0.1, 0.15) is 4.75 Å². The van der Waals surface area contributed by atoms with Gasteiger partial charge in [-0.05, 0) is 38.7 Å². The van der Waals surface area contributed by atoms with E-state index in [4.69, 9.17) is 0 Å². The van der Waals surface area contributed by atoms with Gasteiger partial charge in [0.15, 0.2) is 0 Å². The zero-order valence-electron chi connectivity index (χ0n) is 12.7. The van der Waals surface area contributed by atoms with Crippen LogP contribution in [0.4, 0.5) is 0 Å². The largest absolute Gasteiger partial charge is 0.598 e. The van der Waals surface area contributed by atoms with Crippen LogP contribution in [-0.4, -0.2) is 19.1 Å². The van der Waals surface area contributed by atoms with Crippen LogP contribution < -0.4 is 4.72 Å². The maximum atomic E-state index is 12.3. The summed E-state index contributed by atoms with van der Waals surface area (Å²) >= 11 is -1.05. The molecule has 0 aliphatic carbocycles. The number of nitrogens with zero attached hydrogens (tertiary/aromatic N) is 2. The predicted molar refractivity (Wildman–Crippen MR) is 79.1 cm³/mol. The number of rotatable bonds is 2. The topological polar surface area (TPSA) is 52.9 Å². The summed E-state index contributed by atoms with van der Waals surface area (Å²) in [5.41, 5.74) is 1.30. The van der Waals surface area contributed by atoms with Gasteiger partial charge in [0.25, 0.3) is 0 Å². The standard InChI is InChI=1S/C14H25N3OS/c1-13(2,3)12-9-10(11-7-8-15-17(11)12)16-19(18)14(4,5)6/h7-8,10,12,16H,9H2,1-6H3/t10-,12+,19+/m0/s1. The lowest BCUT2D eigenvalue weighted by atomic mass is 9.85. The van der Waals surface area contributed by atoms with E-state index < -0.39 is 11.4 Å². The van der Waals surface area contributed by atoms with Crippen LogP contribution in [0.5, 0.6) is 0 Å². The van der Waals surface area contributed by atoms with Crippen molar-refractivity contribution in [1.82, 2.24) is 14.5 Å². The third kappa shape index (κ3) is 2.98. The molecule has 108 valence electrons. The quantitative estimate of drug-likeness (QED) is 0.849. The van der Waals surface area contributed by atoms with Gasteiger partial charge in [-0.15, -0.1) is 4.72 Å². The van der Waals surface area contributed by atoms with Crippen LogP contribution in [0.1, 0.15) is 65.7 Å². The minimum atomic E-state index is -1.05.